The zero-order chi connectivity index (χ0) is 16.8. The monoisotopic (exact) mass is 320 g/mol. The molecule has 1 aromatic carbocycles. The number of hydrogen-bond donors (Lipinski definition) is 3. The summed E-state index contributed by atoms with van der Waals surface area (Å²) in [6.45, 7) is 3.71. The number of carbonyl (C=O) groups excluding carboxylic acids is 2. The van der Waals surface area contributed by atoms with Crippen molar-refractivity contribution in [2.75, 3.05) is 39.1 Å². The summed E-state index contributed by atoms with van der Waals surface area (Å²) >= 11 is 0. The summed E-state index contributed by atoms with van der Waals surface area (Å²) in [4.78, 5) is 25.6. The zero-order valence-corrected chi connectivity index (χ0v) is 13.8. The fourth-order valence-corrected chi connectivity index (χ4v) is 2.66. The molecule has 0 radical (unpaired) electrons. The quantitative estimate of drug-likeness (QED) is 0.754. The Morgan fingerprint density at radius 1 is 1.39 bits per heavy atom. The van der Waals surface area contributed by atoms with Gasteiger partial charge in [0.25, 0.3) is 0 Å². The van der Waals surface area contributed by atoms with Crippen molar-refractivity contribution in [2.45, 2.75) is 19.4 Å². The third-order valence-corrected chi connectivity index (χ3v) is 3.83. The maximum Gasteiger partial charge on any atom is 0.314 e. The highest BCUT2D eigenvalue weighted by molar-refractivity contribution is 5.93. The molecule has 1 heterocycles. The number of amides is 3. The molecule has 7 nitrogen and oxygen atoms in total. The molecule has 1 fully saturated rings. The fourth-order valence-electron chi connectivity index (χ4n) is 2.66. The number of anilines is 1. The van der Waals surface area contributed by atoms with E-state index in [0.29, 0.717) is 24.5 Å². The lowest BCUT2D eigenvalue weighted by Crippen LogP contribution is -2.42. The smallest absolute Gasteiger partial charge is 0.314 e. The number of methoxy groups -OCH3 is 1. The molecule has 0 unspecified atom stereocenters. The minimum absolute atomic E-state index is 0.0799. The largest absolute Gasteiger partial charge is 0.495 e. The van der Waals surface area contributed by atoms with Gasteiger partial charge >= 0.3 is 6.03 Å². The molecule has 0 aliphatic carbocycles. The average Bonchev–Trinajstić information content (AvgIpc) is 2.94. The van der Waals surface area contributed by atoms with Gasteiger partial charge < -0.3 is 20.7 Å². The molecule has 1 aromatic rings. The average molecular weight is 320 g/mol. The van der Waals surface area contributed by atoms with Crippen molar-refractivity contribution < 1.29 is 14.3 Å². The minimum atomic E-state index is -0.189. The molecule has 1 aliphatic rings. The summed E-state index contributed by atoms with van der Waals surface area (Å²) < 4.78 is 5.26. The van der Waals surface area contributed by atoms with E-state index in [2.05, 4.69) is 16.0 Å². The van der Waals surface area contributed by atoms with Crippen LogP contribution in [0.4, 0.5) is 10.5 Å². The van der Waals surface area contributed by atoms with Crippen LogP contribution in [0.25, 0.3) is 0 Å². The molecular weight excluding hydrogens is 296 g/mol. The third-order valence-electron chi connectivity index (χ3n) is 3.83. The molecule has 0 bridgehead atoms. The van der Waals surface area contributed by atoms with Crippen molar-refractivity contribution >= 4 is 17.6 Å². The minimum Gasteiger partial charge on any atom is -0.495 e. The van der Waals surface area contributed by atoms with E-state index in [1.54, 1.807) is 14.2 Å². The maximum atomic E-state index is 12.2. The number of nitrogens with one attached hydrogen (secondary N) is 3. The van der Waals surface area contributed by atoms with Crippen molar-refractivity contribution in [1.82, 2.24) is 15.5 Å². The number of carbonyl (C=O) groups is 2. The zero-order valence-electron chi connectivity index (χ0n) is 13.8. The lowest BCUT2D eigenvalue weighted by atomic mass is 10.2. The summed E-state index contributed by atoms with van der Waals surface area (Å²) in [6.07, 6.45) is 0.842. The standard InChI is InChI=1S/C16H24N4O3/c1-11-4-5-14(23-3)13(8-11)19-15(21)10-20-7-6-12(9-20)18-16(22)17-2/h4-5,8,12H,6-7,9-10H2,1-3H3,(H,19,21)(H2,17,18,22)/t12-/m0/s1. The molecule has 0 aromatic heterocycles. The van der Waals surface area contributed by atoms with Crippen LogP contribution in [0.3, 0.4) is 0 Å². The molecule has 3 amide bonds. The first-order valence-electron chi connectivity index (χ1n) is 7.67. The lowest BCUT2D eigenvalue weighted by Gasteiger charge is -2.17. The molecule has 7 heteroatoms. The SMILES string of the molecule is CNC(=O)N[C@H]1CCN(CC(=O)Nc2cc(C)ccc2OC)C1. The van der Waals surface area contributed by atoms with Crippen LogP contribution in [-0.4, -0.2) is 56.7 Å². The van der Waals surface area contributed by atoms with E-state index in [4.69, 9.17) is 4.74 Å². The second-order valence-electron chi connectivity index (χ2n) is 5.70. The Hall–Kier alpha value is -2.28. The van der Waals surface area contributed by atoms with Crippen molar-refractivity contribution in [3.63, 3.8) is 0 Å². The van der Waals surface area contributed by atoms with Gasteiger partial charge in [-0.1, -0.05) is 6.07 Å². The van der Waals surface area contributed by atoms with Gasteiger partial charge in [0.2, 0.25) is 5.91 Å². The molecule has 1 atom stereocenters. The first kappa shape index (κ1) is 17.1. The normalized spacial score (nSPS) is 17.6. The predicted octanol–water partition coefficient (Wildman–Crippen LogP) is 0.945. The van der Waals surface area contributed by atoms with Crippen LogP contribution < -0.4 is 20.7 Å². The van der Waals surface area contributed by atoms with E-state index in [1.165, 1.54) is 0 Å². The van der Waals surface area contributed by atoms with Crippen LogP contribution in [-0.2, 0) is 4.79 Å². The summed E-state index contributed by atoms with van der Waals surface area (Å²) in [5, 5.41) is 8.29. The molecule has 23 heavy (non-hydrogen) atoms. The Morgan fingerprint density at radius 2 is 2.17 bits per heavy atom. The van der Waals surface area contributed by atoms with Gasteiger partial charge in [-0.2, -0.15) is 0 Å². The Labute approximate surface area is 136 Å². The Morgan fingerprint density at radius 3 is 2.87 bits per heavy atom. The number of ether oxygens (including phenoxy) is 1. The van der Waals surface area contributed by atoms with Gasteiger partial charge in [-0.25, -0.2) is 4.79 Å². The summed E-state index contributed by atoms with van der Waals surface area (Å²) in [7, 11) is 3.17. The highest BCUT2D eigenvalue weighted by Gasteiger charge is 2.25. The second kappa shape index (κ2) is 7.82. The number of rotatable bonds is 5. The van der Waals surface area contributed by atoms with E-state index in [0.717, 1.165) is 18.5 Å². The topological polar surface area (TPSA) is 82.7 Å². The van der Waals surface area contributed by atoms with E-state index in [-0.39, 0.29) is 18.0 Å². The molecule has 3 N–H and O–H groups in total. The summed E-state index contributed by atoms with van der Waals surface area (Å²) in [5.74, 6) is 0.555. The van der Waals surface area contributed by atoms with Crippen LogP contribution in [0.5, 0.6) is 5.75 Å². The molecule has 1 saturated heterocycles. The number of hydrogen-bond acceptors (Lipinski definition) is 4. The van der Waals surface area contributed by atoms with Gasteiger partial charge in [-0.05, 0) is 31.0 Å². The molecule has 2 rings (SSSR count). The first-order valence-corrected chi connectivity index (χ1v) is 7.67. The van der Waals surface area contributed by atoms with E-state index < -0.39 is 0 Å². The van der Waals surface area contributed by atoms with E-state index in [1.807, 2.05) is 30.0 Å². The van der Waals surface area contributed by atoms with Gasteiger partial charge in [0.1, 0.15) is 5.75 Å². The van der Waals surface area contributed by atoms with Crippen LogP contribution in [0, 0.1) is 6.92 Å². The number of likely N-dealkylation sites (tertiary alicyclic amines) is 1. The van der Waals surface area contributed by atoms with Crippen molar-refractivity contribution in [2.24, 2.45) is 0 Å². The molecular formula is C16H24N4O3. The highest BCUT2D eigenvalue weighted by Crippen LogP contribution is 2.25. The molecule has 0 spiro atoms. The second-order valence-corrected chi connectivity index (χ2v) is 5.70. The summed E-state index contributed by atoms with van der Waals surface area (Å²) in [6, 6.07) is 5.55. The third kappa shape index (κ3) is 4.85. The van der Waals surface area contributed by atoms with Crippen LogP contribution >= 0.6 is 0 Å². The van der Waals surface area contributed by atoms with Gasteiger partial charge in [0.15, 0.2) is 0 Å². The number of aryl methyl sites for hydroxylation is 1. The predicted molar refractivity (Wildman–Crippen MR) is 88.8 cm³/mol. The summed E-state index contributed by atoms with van der Waals surface area (Å²) in [5.41, 5.74) is 1.73. The number of urea groups is 1. The maximum absolute atomic E-state index is 12.2. The van der Waals surface area contributed by atoms with Crippen molar-refractivity contribution in [3.05, 3.63) is 23.8 Å². The first-order chi connectivity index (χ1) is 11.0. The van der Waals surface area contributed by atoms with E-state index >= 15 is 0 Å². The van der Waals surface area contributed by atoms with Crippen LogP contribution in [0.15, 0.2) is 18.2 Å². The molecule has 126 valence electrons. The van der Waals surface area contributed by atoms with Gasteiger partial charge in [0.05, 0.1) is 19.3 Å². The Kier molecular flexibility index (Phi) is 5.81. The van der Waals surface area contributed by atoms with Crippen molar-refractivity contribution in [3.8, 4) is 5.75 Å². The Balaban J connectivity index is 1.86. The highest BCUT2D eigenvalue weighted by atomic mass is 16.5. The van der Waals surface area contributed by atoms with Gasteiger partial charge in [0, 0.05) is 26.2 Å². The van der Waals surface area contributed by atoms with Gasteiger partial charge in [-0.3, -0.25) is 9.69 Å². The van der Waals surface area contributed by atoms with E-state index in [9.17, 15) is 9.59 Å². The van der Waals surface area contributed by atoms with Crippen LogP contribution in [0.2, 0.25) is 0 Å². The fraction of sp³-hybridized carbons (Fsp3) is 0.500. The number of nitrogens with zero attached hydrogens (tertiary/aromatic N) is 1. The molecule has 1 aliphatic heterocycles. The number of benzene rings is 1. The Bertz CT molecular complexity index is 576. The van der Waals surface area contributed by atoms with Gasteiger partial charge in [-0.15, -0.1) is 0 Å². The van der Waals surface area contributed by atoms with Crippen molar-refractivity contribution in [1.29, 1.82) is 0 Å². The molecule has 0 saturated carbocycles. The lowest BCUT2D eigenvalue weighted by molar-refractivity contribution is -0.117. The van der Waals surface area contributed by atoms with Crippen LogP contribution in [0.1, 0.15) is 12.0 Å².